The average Bonchev–Trinajstić information content (AvgIpc) is 3.02. The highest BCUT2D eigenvalue weighted by molar-refractivity contribution is 7.89. The van der Waals surface area contributed by atoms with Crippen LogP contribution in [0.3, 0.4) is 0 Å². The van der Waals surface area contributed by atoms with Gasteiger partial charge in [0.05, 0.1) is 5.92 Å². The van der Waals surface area contributed by atoms with Gasteiger partial charge >= 0.3 is 0 Å². The second kappa shape index (κ2) is 13.6. The number of hydrogen-bond acceptors (Lipinski definition) is 5. The zero-order valence-corrected chi connectivity index (χ0v) is 23.6. The van der Waals surface area contributed by atoms with Crippen molar-refractivity contribution < 1.29 is 17.9 Å². The molecule has 8 heteroatoms. The summed E-state index contributed by atoms with van der Waals surface area (Å²) in [5, 5.41) is 6.36. The Bertz CT molecular complexity index is 1480. The third-order valence-corrected chi connectivity index (χ3v) is 8.86. The molecule has 7 nitrogen and oxygen atoms in total. The summed E-state index contributed by atoms with van der Waals surface area (Å²) in [6.45, 7) is 1.63. The lowest BCUT2D eigenvalue weighted by molar-refractivity contribution is -0.125. The van der Waals surface area contributed by atoms with E-state index in [0.717, 1.165) is 16.7 Å². The molecule has 4 aromatic carbocycles. The summed E-state index contributed by atoms with van der Waals surface area (Å²) in [5.74, 6) is -0.160. The molecule has 41 heavy (non-hydrogen) atoms. The number of sulfonamides is 1. The van der Waals surface area contributed by atoms with Crippen LogP contribution in [-0.4, -0.2) is 40.0 Å². The Morgan fingerprint density at radius 3 is 2.05 bits per heavy atom. The molecule has 212 valence electrons. The van der Waals surface area contributed by atoms with Crippen LogP contribution >= 0.6 is 0 Å². The second-order valence-electron chi connectivity index (χ2n) is 10.2. The van der Waals surface area contributed by atoms with Gasteiger partial charge in [0.25, 0.3) is 0 Å². The summed E-state index contributed by atoms with van der Waals surface area (Å²) in [5.41, 5.74) is 3.19. The van der Waals surface area contributed by atoms with E-state index in [0.29, 0.717) is 26.1 Å². The van der Waals surface area contributed by atoms with Crippen molar-refractivity contribution >= 4 is 15.9 Å². The fourth-order valence-corrected chi connectivity index (χ4v) is 6.58. The van der Waals surface area contributed by atoms with E-state index in [4.69, 9.17) is 4.74 Å². The largest absolute Gasteiger partial charge is 0.487 e. The molecule has 0 saturated carbocycles. The van der Waals surface area contributed by atoms with Gasteiger partial charge in [-0.2, -0.15) is 0 Å². The summed E-state index contributed by atoms with van der Waals surface area (Å²) < 4.78 is 35.5. The van der Waals surface area contributed by atoms with E-state index in [1.165, 1.54) is 6.07 Å². The maximum absolute atomic E-state index is 13.4. The van der Waals surface area contributed by atoms with E-state index < -0.39 is 16.1 Å². The Morgan fingerprint density at radius 1 is 0.805 bits per heavy atom. The summed E-state index contributed by atoms with van der Waals surface area (Å²) in [4.78, 5) is 13.4. The molecule has 1 amide bonds. The first kappa shape index (κ1) is 28.5. The van der Waals surface area contributed by atoms with E-state index >= 15 is 0 Å². The van der Waals surface area contributed by atoms with Crippen LogP contribution in [0.2, 0.25) is 0 Å². The number of para-hydroxylation sites is 1. The Labute approximate surface area is 242 Å². The second-order valence-corrected chi connectivity index (χ2v) is 11.9. The molecule has 4 aromatic rings. The van der Waals surface area contributed by atoms with Crippen LogP contribution < -0.4 is 20.1 Å². The SMILES string of the molecule is O=C(NCC(c1ccccc1)c1ccccc1)[C@@H]1CNC[C@@H](NS(=O)(=O)c2ccccc2OCc2ccccc2)C1. The average molecular weight is 570 g/mol. The monoisotopic (exact) mass is 569 g/mol. The molecule has 1 aliphatic heterocycles. The van der Waals surface area contributed by atoms with E-state index in [9.17, 15) is 13.2 Å². The number of carbonyl (C=O) groups excluding carboxylic acids is 1. The van der Waals surface area contributed by atoms with Crippen LogP contribution in [0.25, 0.3) is 0 Å². The molecule has 0 unspecified atom stereocenters. The third kappa shape index (κ3) is 7.61. The van der Waals surface area contributed by atoms with Crippen LogP contribution in [0.1, 0.15) is 29.0 Å². The molecule has 1 fully saturated rings. The molecule has 0 radical (unpaired) electrons. The van der Waals surface area contributed by atoms with Crippen LogP contribution in [0.4, 0.5) is 0 Å². The molecule has 1 saturated heterocycles. The third-order valence-electron chi connectivity index (χ3n) is 7.30. The van der Waals surface area contributed by atoms with Crippen molar-refractivity contribution in [3.63, 3.8) is 0 Å². The Balaban J connectivity index is 1.22. The van der Waals surface area contributed by atoms with Crippen LogP contribution in [0.15, 0.2) is 120 Å². The van der Waals surface area contributed by atoms with Gasteiger partial charge in [-0.1, -0.05) is 103 Å². The lowest BCUT2D eigenvalue weighted by Crippen LogP contribution is -2.52. The number of hydrogen-bond donors (Lipinski definition) is 3. The highest BCUT2D eigenvalue weighted by Crippen LogP contribution is 2.26. The van der Waals surface area contributed by atoms with Crippen molar-refractivity contribution in [3.05, 3.63) is 132 Å². The number of nitrogens with one attached hydrogen (secondary N) is 3. The minimum absolute atomic E-state index is 0.0135. The summed E-state index contributed by atoms with van der Waals surface area (Å²) in [6, 6.07) is 36.0. The topological polar surface area (TPSA) is 96.5 Å². The van der Waals surface area contributed by atoms with Gasteiger partial charge in [0.1, 0.15) is 17.3 Å². The summed E-state index contributed by atoms with van der Waals surface area (Å²) in [7, 11) is -3.89. The molecular weight excluding hydrogens is 534 g/mol. The lowest BCUT2D eigenvalue weighted by atomic mass is 9.90. The first-order valence-corrected chi connectivity index (χ1v) is 15.3. The van der Waals surface area contributed by atoms with E-state index in [1.807, 2.05) is 66.7 Å². The molecule has 1 heterocycles. The molecule has 5 rings (SSSR count). The zero-order valence-electron chi connectivity index (χ0n) is 22.8. The standard InChI is InChI=1S/C33H35N3O4S/c37-33(35-23-30(26-14-6-2-7-15-26)27-16-8-3-9-17-27)28-20-29(22-34-21-28)36-41(38,39)32-19-11-10-18-31(32)40-24-25-12-4-1-5-13-25/h1-19,28-30,34,36H,20-24H2,(H,35,37)/t28-,29-/m0/s1. The van der Waals surface area contributed by atoms with Crippen molar-refractivity contribution in [2.75, 3.05) is 19.6 Å². The maximum atomic E-state index is 13.4. The van der Waals surface area contributed by atoms with E-state index in [-0.39, 0.29) is 35.0 Å². The smallest absolute Gasteiger partial charge is 0.244 e. The zero-order chi connectivity index (χ0) is 28.5. The van der Waals surface area contributed by atoms with Gasteiger partial charge < -0.3 is 15.4 Å². The Kier molecular flexibility index (Phi) is 9.46. The number of amides is 1. The molecule has 0 spiro atoms. The number of benzene rings is 4. The fourth-order valence-electron chi connectivity index (χ4n) is 5.19. The van der Waals surface area contributed by atoms with Gasteiger partial charge in [0, 0.05) is 31.6 Å². The minimum atomic E-state index is -3.89. The minimum Gasteiger partial charge on any atom is -0.487 e. The Hall–Kier alpha value is -3.98. The maximum Gasteiger partial charge on any atom is 0.244 e. The highest BCUT2D eigenvalue weighted by atomic mass is 32.2. The highest BCUT2D eigenvalue weighted by Gasteiger charge is 2.31. The van der Waals surface area contributed by atoms with Crippen LogP contribution in [-0.2, 0) is 21.4 Å². The van der Waals surface area contributed by atoms with Crippen molar-refractivity contribution in [2.24, 2.45) is 5.92 Å². The van der Waals surface area contributed by atoms with Crippen molar-refractivity contribution in [2.45, 2.75) is 29.9 Å². The molecular formula is C33H35N3O4S. The Morgan fingerprint density at radius 2 is 1.39 bits per heavy atom. The lowest BCUT2D eigenvalue weighted by Gasteiger charge is -2.30. The normalized spacial score (nSPS) is 17.2. The number of piperidine rings is 1. The predicted molar refractivity (Wildman–Crippen MR) is 160 cm³/mol. The van der Waals surface area contributed by atoms with Crippen LogP contribution in [0.5, 0.6) is 5.75 Å². The van der Waals surface area contributed by atoms with Crippen molar-refractivity contribution in [1.82, 2.24) is 15.4 Å². The predicted octanol–water partition coefficient (Wildman–Crippen LogP) is 4.47. The van der Waals surface area contributed by atoms with Gasteiger partial charge in [-0.25, -0.2) is 13.1 Å². The van der Waals surface area contributed by atoms with Crippen LogP contribution in [0, 0.1) is 5.92 Å². The first-order chi connectivity index (χ1) is 20.0. The van der Waals surface area contributed by atoms with Gasteiger partial charge in [-0.05, 0) is 35.2 Å². The molecule has 1 aliphatic rings. The number of carbonyl (C=O) groups is 1. The molecule has 0 bridgehead atoms. The van der Waals surface area contributed by atoms with Crippen molar-refractivity contribution in [1.29, 1.82) is 0 Å². The number of ether oxygens (including phenoxy) is 1. The summed E-state index contributed by atoms with van der Waals surface area (Å²) >= 11 is 0. The molecule has 2 atom stereocenters. The first-order valence-electron chi connectivity index (χ1n) is 13.9. The molecule has 3 N–H and O–H groups in total. The van der Waals surface area contributed by atoms with E-state index in [1.54, 1.807) is 18.2 Å². The fraction of sp³-hybridized carbons (Fsp3) is 0.242. The molecule has 0 aliphatic carbocycles. The van der Waals surface area contributed by atoms with Gasteiger partial charge in [-0.15, -0.1) is 0 Å². The number of rotatable bonds is 11. The summed E-state index contributed by atoms with van der Waals surface area (Å²) in [6.07, 6.45) is 0.395. The van der Waals surface area contributed by atoms with Gasteiger partial charge in [0.15, 0.2) is 0 Å². The molecule has 0 aromatic heterocycles. The van der Waals surface area contributed by atoms with Gasteiger partial charge in [-0.3, -0.25) is 4.79 Å². The van der Waals surface area contributed by atoms with E-state index in [2.05, 4.69) is 39.6 Å². The van der Waals surface area contributed by atoms with Gasteiger partial charge in [0.2, 0.25) is 15.9 Å². The van der Waals surface area contributed by atoms with Crippen molar-refractivity contribution in [3.8, 4) is 5.75 Å². The quantitative estimate of drug-likeness (QED) is 0.248.